The van der Waals surface area contributed by atoms with Gasteiger partial charge in [-0.05, 0) is 47.5 Å². The normalized spacial score (nSPS) is 11.6. The van der Waals surface area contributed by atoms with E-state index >= 15 is 0 Å². The number of phenols is 5. The van der Waals surface area contributed by atoms with Crippen molar-refractivity contribution in [3.63, 3.8) is 0 Å². The number of para-hydroxylation sites is 1. The number of hydrogen-bond donors (Lipinski definition) is 5. The number of benzene rings is 7. The molecule has 0 radical (unpaired) electrons. The molecule has 0 unspecified atom stereocenters. The third-order valence-electron chi connectivity index (χ3n) is 10.0. The first kappa shape index (κ1) is 32.2. The van der Waals surface area contributed by atoms with Gasteiger partial charge in [0.05, 0.1) is 21.4 Å². The van der Waals surface area contributed by atoms with Crippen molar-refractivity contribution in [2.45, 2.75) is 0 Å². The molecule has 0 atom stereocenters. The van der Waals surface area contributed by atoms with Gasteiger partial charge in [0.2, 0.25) is 17.2 Å². The topological polar surface area (TPSA) is 145 Å². The maximum Gasteiger partial charge on any atom is 0.208 e. The fraction of sp³-hybridized carbons (Fsp3) is 0. The molecule has 3 heterocycles. The molecule has 0 bridgehead atoms. The quantitative estimate of drug-likeness (QED) is 0.0867. The van der Waals surface area contributed by atoms with E-state index in [1.54, 1.807) is 11.3 Å². The minimum absolute atomic E-state index is 0.222. The summed E-state index contributed by atoms with van der Waals surface area (Å²) in [6.07, 6.45) is 0. The highest BCUT2D eigenvalue weighted by Gasteiger charge is 2.28. The Morgan fingerprint density at radius 3 is 1.76 bits per heavy atom. The van der Waals surface area contributed by atoms with Gasteiger partial charge in [-0.2, -0.15) is 0 Å². The second-order valence-electron chi connectivity index (χ2n) is 13.2. The van der Waals surface area contributed by atoms with Gasteiger partial charge >= 0.3 is 0 Å². The lowest BCUT2D eigenvalue weighted by molar-refractivity contribution is 0.329. The maximum atomic E-state index is 11.0. The van der Waals surface area contributed by atoms with Crippen LogP contribution >= 0.6 is 11.3 Å². The number of aromatic hydroxyl groups is 5. The number of phenolic OH excluding ortho intramolecular Hbond substituents is 5. The van der Waals surface area contributed by atoms with Gasteiger partial charge in [0.25, 0.3) is 0 Å². The monoisotopic (exact) mass is 736 g/mol. The second-order valence-corrected chi connectivity index (χ2v) is 14.2. The molecule has 0 aliphatic rings. The Bertz CT molecular complexity index is 3130. The zero-order valence-electron chi connectivity index (χ0n) is 28.7. The molecule has 0 aliphatic heterocycles. The molecule has 10 heteroatoms. The van der Waals surface area contributed by atoms with Crippen molar-refractivity contribution in [3.05, 3.63) is 140 Å². The molecule has 9 nitrogen and oxygen atoms in total. The minimum Gasteiger partial charge on any atom is -0.504 e. The fourth-order valence-electron chi connectivity index (χ4n) is 7.44. The van der Waals surface area contributed by atoms with Crippen molar-refractivity contribution in [2.24, 2.45) is 0 Å². The molecule has 264 valence electrons. The first-order valence-electron chi connectivity index (χ1n) is 17.4. The maximum absolute atomic E-state index is 11.0. The molecule has 7 aromatic carbocycles. The molecule has 55 heavy (non-hydrogen) atoms. The molecule has 3 aromatic heterocycles. The summed E-state index contributed by atoms with van der Waals surface area (Å²) in [6.45, 7) is 0. The highest BCUT2D eigenvalue weighted by Crippen LogP contribution is 2.54. The molecule has 5 N–H and O–H groups in total. The molecule has 0 fully saturated rings. The number of hydrogen-bond acceptors (Lipinski definition) is 9. The second kappa shape index (κ2) is 12.3. The predicted octanol–water partition coefficient (Wildman–Crippen LogP) is 10.5. The summed E-state index contributed by atoms with van der Waals surface area (Å²) in [7, 11) is 0. The van der Waals surface area contributed by atoms with Crippen molar-refractivity contribution >= 4 is 53.3 Å². The molecule has 0 saturated heterocycles. The summed E-state index contributed by atoms with van der Waals surface area (Å²) in [4.78, 5) is 14.2. The highest BCUT2D eigenvalue weighted by molar-refractivity contribution is 7.26. The third kappa shape index (κ3) is 4.96. The van der Waals surface area contributed by atoms with E-state index < -0.39 is 34.3 Å². The average Bonchev–Trinajstić information content (AvgIpc) is 3.79. The van der Waals surface area contributed by atoms with Crippen LogP contribution in [0.1, 0.15) is 0 Å². The van der Waals surface area contributed by atoms with Crippen LogP contribution in [0.15, 0.2) is 140 Å². The van der Waals surface area contributed by atoms with E-state index in [1.807, 2.05) is 72.8 Å². The molecule has 10 rings (SSSR count). The van der Waals surface area contributed by atoms with E-state index in [1.165, 1.54) is 0 Å². The molecule has 0 amide bonds. The summed E-state index contributed by atoms with van der Waals surface area (Å²) in [6, 6.07) is 46.7. The Morgan fingerprint density at radius 1 is 0.436 bits per heavy atom. The van der Waals surface area contributed by atoms with E-state index in [2.05, 4.69) is 76.3 Å². The SMILES string of the molecule is Oc1c(O)c(O)c(-c2nc(-c3ccccc3)nc(-c3ccc(-n4c5ccccc5c5cc(-c6ccccc6)ccc54)c4sc5ccccc5c34)n2)c(O)c1O. The Hall–Kier alpha value is -7.43. The smallest absolute Gasteiger partial charge is 0.208 e. The summed E-state index contributed by atoms with van der Waals surface area (Å²) < 4.78 is 4.34. The standard InChI is InChI=1S/C45H28N4O5S/c50-37-36(38(51)40(53)41(54)39(37)52)45-47-43(25-13-5-2-6-14-25)46-44(48-45)29-20-22-33(42-35(29)28-16-8-10-18-34(28)55-42)49-31-17-9-7-15-27(31)30-23-26(19-21-32(30)49)24-11-3-1-4-12-24/h1-23,50-54H. The van der Waals surface area contributed by atoms with Crippen molar-refractivity contribution in [1.82, 2.24) is 19.5 Å². The van der Waals surface area contributed by atoms with E-state index in [9.17, 15) is 25.5 Å². The molecule has 10 aromatic rings. The van der Waals surface area contributed by atoms with E-state index in [-0.39, 0.29) is 17.5 Å². The van der Waals surface area contributed by atoms with E-state index in [0.717, 1.165) is 58.8 Å². The third-order valence-corrected chi connectivity index (χ3v) is 11.2. The molecular formula is C45H28N4O5S. The predicted molar refractivity (Wildman–Crippen MR) is 217 cm³/mol. The van der Waals surface area contributed by atoms with Crippen LogP contribution < -0.4 is 0 Å². The van der Waals surface area contributed by atoms with Gasteiger partial charge in [0.15, 0.2) is 29.0 Å². The van der Waals surface area contributed by atoms with Crippen molar-refractivity contribution in [2.75, 3.05) is 0 Å². The zero-order valence-corrected chi connectivity index (χ0v) is 29.5. The summed E-state index contributed by atoms with van der Waals surface area (Å²) >= 11 is 1.66. The average molecular weight is 737 g/mol. The van der Waals surface area contributed by atoms with Crippen LogP contribution in [0.5, 0.6) is 28.7 Å². The Labute approximate surface area is 316 Å². The van der Waals surface area contributed by atoms with Crippen LogP contribution in [0, 0.1) is 0 Å². The zero-order chi connectivity index (χ0) is 37.4. The van der Waals surface area contributed by atoms with Crippen molar-refractivity contribution < 1.29 is 25.5 Å². The van der Waals surface area contributed by atoms with E-state index in [4.69, 9.17) is 9.97 Å². The van der Waals surface area contributed by atoms with Gasteiger partial charge in [-0.3, -0.25) is 0 Å². The first-order valence-corrected chi connectivity index (χ1v) is 18.2. The van der Waals surface area contributed by atoms with Gasteiger partial charge in [0, 0.05) is 37.4 Å². The Morgan fingerprint density at radius 2 is 1.02 bits per heavy atom. The lowest BCUT2D eigenvalue weighted by Crippen LogP contribution is -2.02. The largest absolute Gasteiger partial charge is 0.504 e. The van der Waals surface area contributed by atoms with Gasteiger partial charge < -0.3 is 30.1 Å². The minimum atomic E-state index is -1.07. The summed E-state index contributed by atoms with van der Waals surface area (Å²) in [5, 5.41) is 57.1. The number of nitrogens with zero attached hydrogens (tertiary/aromatic N) is 4. The van der Waals surface area contributed by atoms with Crippen LogP contribution in [0.25, 0.3) is 93.0 Å². The van der Waals surface area contributed by atoms with Gasteiger partial charge in [0.1, 0.15) is 5.56 Å². The number of rotatable bonds is 5. The van der Waals surface area contributed by atoms with Crippen LogP contribution in [0.4, 0.5) is 0 Å². The molecule has 0 aliphatic carbocycles. The van der Waals surface area contributed by atoms with Crippen LogP contribution in [0.2, 0.25) is 0 Å². The number of thiophene rings is 1. The summed E-state index contributed by atoms with van der Waals surface area (Å²) in [5.41, 5.74) is 6.18. The highest BCUT2D eigenvalue weighted by atomic mass is 32.1. The number of fused-ring (bicyclic) bond motifs is 6. The number of aromatic nitrogens is 4. The van der Waals surface area contributed by atoms with Crippen LogP contribution in [-0.2, 0) is 0 Å². The van der Waals surface area contributed by atoms with Gasteiger partial charge in [-0.15, -0.1) is 11.3 Å². The molecular weight excluding hydrogens is 709 g/mol. The Kier molecular flexibility index (Phi) is 7.23. The molecule has 0 saturated carbocycles. The van der Waals surface area contributed by atoms with Gasteiger partial charge in [-0.1, -0.05) is 103 Å². The van der Waals surface area contributed by atoms with E-state index in [0.29, 0.717) is 11.1 Å². The first-order chi connectivity index (χ1) is 26.9. The fourth-order valence-corrected chi connectivity index (χ4v) is 8.67. The van der Waals surface area contributed by atoms with Crippen LogP contribution in [-0.4, -0.2) is 45.1 Å². The molecule has 0 spiro atoms. The van der Waals surface area contributed by atoms with Crippen molar-refractivity contribution in [1.29, 1.82) is 0 Å². The summed E-state index contributed by atoms with van der Waals surface area (Å²) in [5.74, 6) is -4.68. The lowest BCUT2D eigenvalue weighted by atomic mass is 10.0. The Balaban J connectivity index is 1.26. The van der Waals surface area contributed by atoms with Crippen molar-refractivity contribution in [3.8, 4) is 79.7 Å². The van der Waals surface area contributed by atoms with Gasteiger partial charge in [-0.25, -0.2) is 15.0 Å². The van der Waals surface area contributed by atoms with Crippen LogP contribution in [0.3, 0.4) is 0 Å². The lowest BCUT2D eigenvalue weighted by Gasteiger charge is -2.15.